The number of hydrogen-bond acceptors (Lipinski definition) is 0. The molecule has 0 atom stereocenters. The Morgan fingerprint density at radius 3 is 2.25 bits per heavy atom. The van der Waals surface area contributed by atoms with Crippen molar-refractivity contribution in [2.24, 2.45) is 0 Å². The Balaban J connectivity index is 2.17. The van der Waals surface area contributed by atoms with Gasteiger partial charge in [0.15, 0.2) is 0 Å². The normalized spacial score (nSPS) is 19.8. The van der Waals surface area contributed by atoms with Crippen LogP contribution in [0, 0.1) is 0 Å². The summed E-state index contributed by atoms with van der Waals surface area (Å²) in [4.78, 5) is 0. The Hall–Kier alpha value is 0.130. The van der Waals surface area contributed by atoms with E-state index >= 15 is 0 Å². The van der Waals surface area contributed by atoms with E-state index in [9.17, 15) is 0 Å². The van der Waals surface area contributed by atoms with Crippen LogP contribution >= 0.6 is 0 Å². The minimum Gasteiger partial charge on any atom is -0.114 e. The van der Waals surface area contributed by atoms with Crippen LogP contribution in [0.3, 0.4) is 0 Å². The summed E-state index contributed by atoms with van der Waals surface area (Å²) in [6, 6.07) is 0. The molecule has 1 radical (unpaired) electrons. The molecule has 0 amide bonds. The van der Waals surface area contributed by atoms with Gasteiger partial charge in [-0.25, -0.2) is 0 Å². The molecule has 1 saturated heterocycles. The van der Waals surface area contributed by atoms with E-state index in [0.29, 0.717) is 0 Å². The Kier molecular flexibility index (Phi) is 0.320. The van der Waals surface area contributed by atoms with Crippen molar-refractivity contribution in [2.75, 3.05) is 0 Å². The molecule has 0 bridgehead atoms. The highest BCUT2D eigenvalue weighted by Gasteiger charge is 2.18. The predicted octanol–water partition coefficient (Wildman–Crippen LogP) is 0.283. The summed E-state index contributed by atoms with van der Waals surface area (Å²) < 4.78 is 0. The first kappa shape index (κ1) is 2.37. The van der Waals surface area contributed by atoms with Crippen LogP contribution in [0.4, 0.5) is 0 Å². The maximum absolute atomic E-state index is 2.29. The topological polar surface area (TPSA) is 0 Å². The van der Waals surface area contributed by atoms with Gasteiger partial charge in [0, 0.05) is 0 Å². The minimum absolute atomic E-state index is 0.958. The molecule has 19 valence electrons. The van der Waals surface area contributed by atoms with Gasteiger partial charge in [0.2, 0.25) is 0 Å². The average Bonchev–Trinajstić information content (AvgIpc) is 1.75. The van der Waals surface area contributed by atoms with Crippen molar-refractivity contribution in [3.8, 4) is 0 Å². The molecule has 0 N–H and O–H groups in total. The largest absolute Gasteiger partial charge is 0.114 e. The first-order chi connectivity index (χ1) is 1.89. The molecule has 0 aliphatic carbocycles. The first-order valence-corrected chi connectivity index (χ1v) is 1.73. The van der Waals surface area contributed by atoms with E-state index in [-0.39, 0.29) is 0 Å². The van der Waals surface area contributed by atoms with Crippen molar-refractivity contribution in [1.82, 2.24) is 0 Å². The fraction of sp³-hybridized carbons (Fsp3) is 1.00. The molecule has 0 aromatic heterocycles. The van der Waals surface area contributed by atoms with Crippen molar-refractivity contribution >= 4 is 13.8 Å². The van der Waals surface area contributed by atoms with Gasteiger partial charge in [-0.15, -0.1) is 6.22 Å². The van der Waals surface area contributed by atoms with E-state index in [4.69, 9.17) is 0 Å². The molecule has 0 spiro atoms. The molecule has 4 heavy (non-hydrogen) atoms. The number of rotatable bonds is 0. The van der Waals surface area contributed by atoms with E-state index in [1.807, 2.05) is 0 Å². The van der Waals surface area contributed by atoms with Crippen molar-refractivity contribution < 1.29 is 0 Å². The second kappa shape index (κ2) is 0.540. The quantitative estimate of drug-likeness (QED) is 0.346. The Labute approximate surface area is 27.9 Å². The molecule has 1 aliphatic heterocycles. The van der Waals surface area contributed by atoms with Crippen LogP contribution in [0.15, 0.2) is 0 Å². The number of hydrogen-bond donors (Lipinski definition) is 0. The highest BCUT2D eigenvalue weighted by molar-refractivity contribution is 7.30. The Morgan fingerprint density at radius 1 is 2.00 bits per heavy atom. The van der Waals surface area contributed by atoms with Gasteiger partial charge in [0.1, 0.15) is 0 Å². The third-order valence-corrected chi connectivity index (χ3v) is 0.707. The highest BCUT2D eigenvalue weighted by Crippen LogP contribution is 2.03. The zero-order chi connectivity index (χ0) is 2.99. The summed E-state index contributed by atoms with van der Waals surface area (Å²) in [7, 11) is 2.29. The van der Waals surface area contributed by atoms with Crippen LogP contribution in [0.2, 0.25) is 13.0 Å². The molecule has 1 aliphatic rings. The molecular weight excluding hydrogens is 45.6 g/mol. The zero-order valence-corrected chi connectivity index (χ0v) is 2.86. The summed E-state index contributed by atoms with van der Waals surface area (Å²) in [6.45, 7) is 3.18. The standard InChI is InChI=1S/C2H5B2/c1-4-2-3-4/h2H2,1H3. The van der Waals surface area contributed by atoms with Gasteiger partial charge in [0.25, 0.3) is 0 Å². The van der Waals surface area contributed by atoms with Gasteiger partial charge in [-0.05, 0) is 0 Å². The van der Waals surface area contributed by atoms with Crippen LogP contribution in [0.1, 0.15) is 0 Å². The van der Waals surface area contributed by atoms with Crippen molar-refractivity contribution in [3.05, 3.63) is 0 Å². The molecule has 1 heterocycles. The third kappa shape index (κ3) is 0.278. The van der Waals surface area contributed by atoms with Crippen molar-refractivity contribution in [1.29, 1.82) is 0 Å². The molecule has 0 nitrogen and oxygen atoms in total. The molecule has 0 aromatic rings. The van der Waals surface area contributed by atoms with Crippen molar-refractivity contribution in [3.63, 3.8) is 0 Å². The molecule has 1 rings (SSSR count). The monoisotopic (exact) mass is 51.1 g/mol. The lowest BCUT2D eigenvalue weighted by molar-refractivity contribution is 2.11. The lowest BCUT2D eigenvalue weighted by atomic mass is 9.57. The van der Waals surface area contributed by atoms with Gasteiger partial charge >= 0.3 is 0 Å². The van der Waals surface area contributed by atoms with Gasteiger partial charge in [-0.3, -0.25) is 0 Å². The second-order valence-electron chi connectivity index (χ2n) is 1.45. The van der Waals surface area contributed by atoms with E-state index < -0.39 is 0 Å². The van der Waals surface area contributed by atoms with Gasteiger partial charge < -0.3 is 0 Å². The van der Waals surface area contributed by atoms with Crippen LogP contribution in [-0.2, 0) is 0 Å². The van der Waals surface area contributed by atoms with Crippen LogP contribution in [-0.4, -0.2) is 13.8 Å². The molecular formula is C2H5B2. The van der Waals surface area contributed by atoms with Gasteiger partial charge in [0.05, 0.1) is 13.8 Å². The summed E-state index contributed by atoms with van der Waals surface area (Å²) in [5.74, 6) is 0. The van der Waals surface area contributed by atoms with E-state index in [2.05, 4.69) is 14.0 Å². The first-order valence-electron chi connectivity index (χ1n) is 1.73. The fourth-order valence-electron chi connectivity index (χ4n) is 0.136. The highest BCUT2D eigenvalue weighted by atomic mass is 13.5. The van der Waals surface area contributed by atoms with E-state index in [0.717, 1.165) is 6.60 Å². The summed E-state index contributed by atoms with van der Waals surface area (Å²) in [6.07, 6.45) is 1.36. The SMILES string of the molecule is CB1[B]C1. The molecule has 0 unspecified atom stereocenters. The molecule has 0 aromatic carbocycles. The van der Waals surface area contributed by atoms with Crippen LogP contribution in [0.25, 0.3) is 0 Å². The molecule has 1 fully saturated rings. The average molecular weight is 50.7 g/mol. The van der Waals surface area contributed by atoms with E-state index in [1.54, 1.807) is 0 Å². The van der Waals surface area contributed by atoms with Gasteiger partial charge in [-0.1, -0.05) is 6.82 Å². The maximum atomic E-state index is 2.29. The Morgan fingerprint density at radius 2 is 2.25 bits per heavy atom. The van der Waals surface area contributed by atoms with E-state index in [1.165, 1.54) is 6.22 Å². The summed E-state index contributed by atoms with van der Waals surface area (Å²) in [5.41, 5.74) is 0. The molecule has 0 saturated carbocycles. The lowest BCUT2D eigenvalue weighted by Crippen LogP contribution is -1.71. The molecule has 2 heteroatoms. The fourth-order valence-corrected chi connectivity index (χ4v) is 0.136. The Bertz CT molecular complexity index is 23.2. The minimum atomic E-state index is 0.958. The predicted molar refractivity (Wildman–Crippen MR) is 22.2 cm³/mol. The zero-order valence-electron chi connectivity index (χ0n) is 2.86. The third-order valence-electron chi connectivity index (χ3n) is 0.707. The van der Waals surface area contributed by atoms with Gasteiger partial charge in [-0.2, -0.15) is 0 Å². The van der Waals surface area contributed by atoms with Crippen molar-refractivity contribution in [2.45, 2.75) is 13.0 Å². The summed E-state index contributed by atoms with van der Waals surface area (Å²) in [5, 5.41) is 0. The smallest absolute Gasteiger partial charge is 0.0873 e. The second-order valence-corrected chi connectivity index (χ2v) is 1.45. The lowest BCUT2D eigenvalue weighted by Gasteiger charge is -1.47. The maximum Gasteiger partial charge on any atom is 0.0873 e. The summed E-state index contributed by atoms with van der Waals surface area (Å²) >= 11 is 0. The van der Waals surface area contributed by atoms with Crippen LogP contribution in [0.5, 0.6) is 0 Å². The van der Waals surface area contributed by atoms with Crippen LogP contribution < -0.4 is 0 Å².